The van der Waals surface area contributed by atoms with Crippen LogP contribution in [0.2, 0.25) is 0 Å². The maximum atomic E-state index is 11.7. The van der Waals surface area contributed by atoms with Gasteiger partial charge in [-0.05, 0) is 12.8 Å². The summed E-state index contributed by atoms with van der Waals surface area (Å²) in [4.78, 5) is 11.7. The molecule has 0 amide bonds. The number of carbonyl (C=O) groups excluding carboxylic acids is 1. The fourth-order valence-corrected chi connectivity index (χ4v) is 3.78. The third kappa shape index (κ3) is 23.5. The second-order valence-corrected chi connectivity index (χ2v) is 8.69. The molecule has 0 N–H and O–H groups in total. The zero-order valence-corrected chi connectivity index (χ0v) is 19.6. The number of unbranched alkanes of at least 4 members (excludes halogenated alkanes) is 19. The number of carbonyl (C=O) groups is 1. The lowest BCUT2D eigenvalue weighted by Crippen LogP contribution is -2.05. The Labute approximate surface area is 177 Å². The Balaban J connectivity index is 3.10. The molecule has 0 saturated heterocycles. The Morgan fingerprint density at radius 2 is 0.786 bits per heavy atom. The van der Waals surface area contributed by atoms with Crippen LogP contribution in [0.25, 0.3) is 0 Å². The molecule has 0 atom stereocenters. The Morgan fingerprint density at radius 1 is 0.464 bits per heavy atom. The van der Waals surface area contributed by atoms with Crippen LogP contribution in [0.1, 0.15) is 155 Å². The number of esters is 1. The van der Waals surface area contributed by atoms with Gasteiger partial charge in [-0.2, -0.15) is 0 Å². The molecule has 0 spiro atoms. The van der Waals surface area contributed by atoms with Gasteiger partial charge in [0.15, 0.2) is 0 Å². The molecule has 0 aliphatic heterocycles. The van der Waals surface area contributed by atoms with Gasteiger partial charge in [0.05, 0.1) is 6.61 Å². The second-order valence-electron chi connectivity index (χ2n) is 8.69. The largest absolute Gasteiger partial charge is 0.466 e. The summed E-state index contributed by atoms with van der Waals surface area (Å²) in [5, 5.41) is 0. The summed E-state index contributed by atoms with van der Waals surface area (Å²) in [5.74, 6) is 0.0147. The van der Waals surface area contributed by atoms with Crippen molar-refractivity contribution in [3.8, 4) is 0 Å². The minimum Gasteiger partial charge on any atom is -0.466 e. The van der Waals surface area contributed by atoms with Gasteiger partial charge in [0.25, 0.3) is 0 Å². The monoisotopic (exact) mass is 396 g/mol. The van der Waals surface area contributed by atoms with E-state index in [0.29, 0.717) is 13.0 Å². The predicted molar refractivity (Wildman–Crippen MR) is 124 cm³/mol. The fourth-order valence-electron chi connectivity index (χ4n) is 3.78. The molecular weight excluding hydrogens is 344 g/mol. The van der Waals surface area contributed by atoms with Crippen molar-refractivity contribution in [1.29, 1.82) is 0 Å². The Morgan fingerprint density at radius 3 is 1.18 bits per heavy atom. The maximum absolute atomic E-state index is 11.7. The van der Waals surface area contributed by atoms with Crippen molar-refractivity contribution in [2.45, 2.75) is 155 Å². The Bertz CT molecular complexity index is 301. The van der Waals surface area contributed by atoms with Gasteiger partial charge in [0, 0.05) is 6.42 Å². The van der Waals surface area contributed by atoms with Crippen LogP contribution in [-0.2, 0) is 9.53 Å². The van der Waals surface area contributed by atoms with Crippen LogP contribution < -0.4 is 0 Å². The molecule has 0 aliphatic rings. The summed E-state index contributed by atoms with van der Waals surface area (Å²) in [6, 6.07) is 0. The van der Waals surface area contributed by atoms with Gasteiger partial charge in [0.1, 0.15) is 0 Å². The van der Waals surface area contributed by atoms with Crippen molar-refractivity contribution in [1.82, 2.24) is 0 Å². The zero-order valence-electron chi connectivity index (χ0n) is 19.6. The summed E-state index contributed by atoms with van der Waals surface area (Å²) in [7, 11) is 0. The van der Waals surface area contributed by atoms with Crippen molar-refractivity contribution in [3.05, 3.63) is 0 Å². The molecule has 0 unspecified atom stereocenters. The predicted octanol–water partition coefficient (Wildman–Crippen LogP) is 9.15. The average Bonchev–Trinajstić information content (AvgIpc) is 2.70. The van der Waals surface area contributed by atoms with Gasteiger partial charge < -0.3 is 4.74 Å². The van der Waals surface area contributed by atoms with Crippen LogP contribution in [0, 0.1) is 0 Å². The van der Waals surface area contributed by atoms with Crippen LogP contribution in [0.5, 0.6) is 0 Å². The first-order valence-corrected chi connectivity index (χ1v) is 13.0. The van der Waals surface area contributed by atoms with Gasteiger partial charge in [0.2, 0.25) is 0 Å². The standard InChI is InChI=1S/C26H52O2/c1-3-5-7-9-10-11-12-13-14-15-16-17-18-19-20-22-24-26(27)28-25-23-21-8-6-4-2/h3-25H2,1-2H3. The highest BCUT2D eigenvalue weighted by atomic mass is 16.5. The van der Waals surface area contributed by atoms with Gasteiger partial charge >= 0.3 is 5.97 Å². The third-order valence-corrected chi connectivity index (χ3v) is 5.75. The van der Waals surface area contributed by atoms with E-state index in [0.717, 1.165) is 12.8 Å². The van der Waals surface area contributed by atoms with Crippen molar-refractivity contribution < 1.29 is 9.53 Å². The van der Waals surface area contributed by atoms with E-state index in [1.165, 1.54) is 122 Å². The number of hydrogen-bond acceptors (Lipinski definition) is 2. The molecule has 0 saturated carbocycles. The summed E-state index contributed by atoms with van der Waals surface area (Å²) in [6.07, 6.45) is 28.6. The molecule has 0 fully saturated rings. The second kappa shape index (κ2) is 24.5. The van der Waals surface area contributed by atoms with E-state index in [-0.39, 0.29) is 5.97 Å². The molecule has 0 rings (SSSR count). The first-order valence-electron chi connectivity index (χ1n) is 13.0. The summed E-state index contributed by atoms with van der Waals surface area (Å²) in [6.45, 7) is 5.13. The van der Waals surface area contributed by atoms with E-state index in [4.69, 9.17) is 4.74 Å². The summed E-state index contributed by atoms with van der Waals surface area (Å²) >= 11 is 0. The van der Waals surface area contributed by atoms with Gasteiger partial charge in [-0.1, -0.05) is 136 Å². The number of rotatable bonds is 23. The Kier molecular flexibility index (Phi) is 24.0. The lowest BCUT2D eigenvalue weighted by atomic mass is 10.0. The molecular formula is C26H52O2. The van der Waals surface area contributed by atoms with E-state index >= 15 is 0 Å². The zero-order chi connectivity index (χ0) is 20.5. The summed E-state index contributed by atoms with van der Waals surface area (Å²) in [5.41, 5.74) is 0. The van der Waals surface area contributed by atoms with E-state index in [9.17, 15) is 4.79 Å². The SMILES string of the molecule is CCCCCCCCCCCCCCCCCCC(=O)OCCCCCCC. The van der Waals surface area contributed by atoms with Crippen LogP contribution >= 0.6 is 0 Å². The van der Waals surface area contributed by atoms with Crippen LogP contribution in [-0.4, -0.2) is 12.6 Å². The molecule has 0 aromatic heterocycles. The normalized spacial score (nSPS) is 11.1. The molecule has 28 heavy (non-hydrogen) atoms. The first-order chi connectivity index (χ1) is 13.8. The average molecular weight is 397 g/mol. The molecule has 0 bridgehead atoms. The summed E-state index contributed by atoms with van der Waals surface area (Å²) < 4.78 is 5.31. The van der Waals surface area contributed by atoms with Gasteiger partial charge in [-0.3, -0.25) is 4.79 Å². The van der Waals surface area contributed by atoms with E-state index in [2.05, 4.69) is 13.8 Å². The number of hydrogen-bond donors (Lipinski definition) is 0. The minimum absolute atomic E-state index is 0.0147. The topological polar surface area (TPSA) is 26.3 Å². The minimum atomic E-state index is 0.0147. The van der Waals surface area contributed by atoms with Crippen molar-refractivity contribution in [2.75, 3.05) is 6.61 Å². The molecule has 0 radical (unpaired) electrons. The van der Waals surface area contributed by atoms with E-state index in [1.807, 2.05) is 0 Å². The highest BCUT2D eigenvalue weighted by Gasteiger charge is 2.02. The molecule has 0 heterocycles. The molecule has 2 heteroatoms. The highest BCUT2D eigenvalue weighted by Crippen LogP contribution is 2.14. The van der Waals surface area contributed by atoms with Crippen LogP contribution in [0.3, 0.4) is 0 Å². The third-order valence-electron chi connectivity index (χ3n) is 5.75. The van der Waals surface area contributed by atoms with Crippen LogP contribution in [0.4, 0.5) is 0 Å². The lowest BCUT2D eigenvalue weighted by molar-refractivity contribution is -0.143. The van der Waals surface area contributed by atoms with Crippen molar-refractivity contribution >= 4 is 5.97 Å². The van der Waals surface area contributed by atoms with Gasteiger partial charge in [-0.25, -0.2) is 0 Å². The van der Waals surface area contributed by atoms with Crippen molar-refractivity contribution in [3.63, 3.8) is 0 Å². The highest BCUT2D eigenvalue weighted by molar-refractivity contribution is 5.69. The lowest BCUT2D eigenvalue weighted by Gasteiger charge is -2.05. The molecule has 0 aliphatic carbocycles. The number of ether oxygens (including phenoxy) is 1. The van der Waals surface area contributed by atoms with Crippen LogP contribution in [0.15, 0.2) is 0 Å². The Hall–Kier alpha value is -0.530. The van der Waals surface area contributed by atoms with E-state index in [1.54, 1.807) is 0 Å². The van der Waals surface area contributed by atoms with Crippen molar-refractivity contribution in [2.24, 2.45) is 0 Å². The quantitative estimate of drug-likeness (QED) is 0.127. The first kappa shape index (κ1) is 27.5. The van der Waals surface area contributed by atoms with Gasteiger partial charge in [-0.15, -0.1) is 0 Å². The fraction of sp³-hybridized carbons (Fsp3) is 0.962. The molecule has 2 nitrogen and oxygen atoms in total. The maximum Gasteiger partial charge on any atom is 0.305 e. The smallest absolute Gasteiger partial charge is 0.305 e. The molecule has 0 aromatic rings. The molecule has 0 aromatic carbocycles. The molecule has 168 valence electrons. The van der Waals surface area contributed by atoms with E-state index < -0.39 is 0 Å².